The van der Waals surface area contributed by atoms with Gasteiger partial charge in [0.15, 0.2) is 6.29 Å². The highest BCUT2D eigenvalue weighted by molar-refractivity contribution is 5.57. The van der Waals surface area contributed by atoms with E-state index in [2.05, 4.69) is 0 Å². The third-order valence-electron chi connectivity index (χ3n) is 3.93. The molecule has 4 nitrogen and oxygen atoms in total. The second-order valence-electron chi connectivity index (χ2n) is 5.32. The molecule has 1 aliphatic rings. The monoisotopic (exact) mass is 278 g/mol. The van der Waals surface area contributed by atoms with Gasteiger partial charge in [0, 0.05) is 18.9 Å². The molecule has 0 unspecified atom stereocenters. The van der Waals surface area contributed by atoms with Gasteiger partial charge in [-0.15, -0.1) is 0 Å². The SMILES string of the molecule is CO[C@H]1O[C@@H](C=O)[C@H](C)[C@@H](OCc2ccccc2)[C@@H]1C. The number of ether oxygens (including phenoxy) is 3. The number of benzene rings is 1. The lowest BCUT2D eigenvalue weighted by Crippen LogP contribution is -2.51. The van der Waals surface area contributed by atoms with Crippen molar-refractivity contribution < 1.29 is 19.0 Å². The van der Waals surface area contributed by atoms with Crippen molar-refractivity contribution in [3.8, 4) is 0 Å². The maximum absolute atomic E-state index is 11.1. The predicted molar refractivity (Wildman–Crippen MR) is 75.1 cm³/mol. The lowest BCUT2D eigenvalue weighted by atomic mass is 9.86. The van der Waals surface area contributed by atoms with Crippen LogP contribution in [0.25, 0.3) is 0 Å². The average molecular weight is 278 g/mol. The van der Waals surface area contributed by atoms with E-state index < -0.39 is 12.4 Å². The summed E-state index contributed by atoms with van der Waals surface area (Å²) in [6.07, 6.45) is -0.107. The van der Waals surface area contributed by atoms with Crippen molar-refractivity contribution >= 4 is 6.29 Å². The summed E-state index contributed by atoms with van der Waals surface area (Å²) in [5, 5.41) is 0. The zero-order valence-corrected chi connectivity index (χ0v) is 12.2. The first kappa shape index (κ1) is 15.2. The van der Waals surface area contributed by atoms with Crippen molar-refractivity contribution in [2.75, 3.05) is 7.11 Å². The van der Waals surface area contributed by atoms with Crippen molar-refractivity contribution in [2.45, 2.75) is 39.0 Å². The minimum atomic E-state index is -0.475. The number of aldehydes is 1. The Kier molecular flexibility index (Phi) is 5.29. The second-order valence-corrected chi connectivity index (χ2v) is 5.32. The topological polar surface area (TPSA) is 44.8 Å². The first-order valence-electron chi connectivity index (χ1n) is 6.96. The Labute approximate surface area is 120 Å². The number of hydrogen-bond acceptors (Lipinski definition) is 4. The van der Waals surface area contributed by atoms with Gasteiger partial charge in [0.2, 0.25) is 0 Å². The zero-order valence-electron chi connectivity index (χ0n) is 12.2. The van der Waals surface area contributed by atoms with Crippen LogP contribution in [0.1, 0.15) is 19.4 Å². The van der Waals surface area contributed by atoms with Crippen LogP contribution in [0, 0.1) is 11.8 Å². The van der Waals surface area contributed by atoms with Crippen LogP contribution in [0.5, 0.6) is 0 Å². The number of carbonyl (C=O) groups is 1. The molecule has 1 heterocycles. The molecule has 1 fully saturated rings. The fourth-order valence-electron chi connectivity index (χ4n) is 2.72. The molecule has 0 saturated carbocycles. The Morgan fingerprint density at radius 1 is 1.20 bits per heavy atom. The number of methoxy groups -OCH3 is 1. The van der Waals surface area contributed by atoms with Crippen LogP contribution in [-0.2, 0) is 25.6 Å². The summed E-state index contributed by atoms with van der Waals surface area (Å²) in [7, 11) is 1.59. The summed E-state index contributed by atoms with van der Waals surface area (Å²) in [6, 6.07) is 10.0. The normalized spacial score (nSPS) is 33.9. The van der Waals surface area contributed by atoms with Crippen LogP contribution in [-0.4, -0.2) is 31.9 Å². The lowest BCUT2D eigenvalue weighted by Gasteiger charge is -2.42. The third kappa shape index (κ3) is 3.26. The highest BCUT2D eigenvalue weighted by atomic mass is 16.7. The van der Waals surface area contributed by atoms with Gasteiger partial charge in [0.1, 0.15) is 12.4 Å². The molecule has 0 aromatic heterocycles. The molecule has 0 amide bonds. The van der Waals surface area contributed by atoms with Gasteiger partial charge < -0.3 is 19.0 Å². The van der Waals surface area contributed by atoms with Crippen LogP contribution >= 0.6 is 0 Å². The molecule has 2 rings (SSSR count). The molecule has 5 atom stereocenters. The van der Waals surface area contributed by atoms with Gasteiger partial charge >= 0.3 is 0 Å². The molecule has 0 aliphatic carbocycles. The predicted octanol–water partition coefficient (Wildman–Crippen LogP) is 2.41. The van der Waals surface area contributed by atoms with Gasteiger partial charge in [-0.25, -0.2) is 0 Å². The number of carbonyl (C=O) groups excluding carboxylic acids is 1. The van der Waals surface area contributed by atoms with E-state index in [0.717, 1.165) is 11.8 Å². The van der Waals surface area contributed by atoms with Gasteiger partial charge in [-0.2, -0.15) is 0 Å². The Morgan fingerprint density at radius 3 is 2.50 bits per heavy atom. The summed E-state index contributed by atoms with van der Waals surface area (Å²) in [5.74, 6) is 0.0903. The van der Waals surface area contributed by atoms with E-state index in [9.17, 15) is 4.79 Å². The molecule has 110 valence electrons. The van der Waals surface area contributed by atoms with Gasteiger partial charge in [0.05, 0.1) is 12.7 Å². The maximum atomic E-state index is 11.1. The molecule has 1 aromatic carbocycles. The number of hydrogen-bond donors (Lipinski definition) is 0. The number of rotatable bonds is 5. The summed E-state index contributed by atoms with van der Waals surface area (Å²) < 4.78 is 17.0. The molecule has 0 bridgehead atoms. The van der Waals surface area contributed by atoms with Crippen molar-refractivity contribution in [3.05, 3.63) is 35.9 Å². The van der Waals surface area contributed by atoms with Crippen molar-refractivity contribution in [1.29, 1.82) is 0 Å². The van der Waals surface area contributed by atoms with Crippen LogP contribution in [0.4, 0.5) is 0 Å². The first-order chi connectivity index (χ1) is 9.67. The molecule has 0 radical (unpaired) electrons. The van der Waals surface area contributed by atoms with E-state index in [1.165, 1.54) is 0 Å². The average Bonchev–Trinajstić information content (AvgIpc) is 2.48. The minimum absolute atomic E-state index is 0.0117. The Balaban J connectivity index is 2.04. The van der Waals surface area contributed by atoms with Gasteiger partial charge in [-0.1, -0.05) is 44.2 Å². The second kappa shape index (κ2) is 6.97. The highest BCUT2D eigenvalue weighted by Crippen LogP contribution is 2.32. The van der Waals surface area contributed by atoms with Gasteiger partial charge in [0.25, 0.3) is 0 Å². The Morgan fingerprint density at radius 2 is 1.90 bits per heavy atom. The van der Waals surface area contributed by atoms with Crippen molar-refractivity contribution in [3.63, 3.8) is 0 Å². The summed E-state index contributed by atoms with van der Waals surface area (Å²) in [6.45, 7) is 4.54. The fraction of sp³-hybridized carbons (Fsp3) is 0.562. The van der Waals surface area contributed by atoms with Crippen LogP contribution in [0.15, 0.2) is 30.3 Å². The maximum Gasteiger partial charge on any atom is 0.163 e. The fourth-order valence-corrected chi connectivity index (χ4v) is 2.72. The first-order valence-corrected chi connectivity index (χ1v) is 6.96. The zero-order chi connectivity index (χ0) is 14.5. The van der Waals surface area contributed by atoms with Gasteiger partial charge in [-0.3, -0.25) is 0 Å². The quantitative estimate of drug-likeness (QED) is 0.776. The van der Waals surface area contributed by atoms with E-state index in [0.29, 0.717) is 6.61 Å². The largest absolute Gasteiger partial charge is 0.373 e. The molecule has 20 heavy (non-hydrogen) atoms. The molecule has 0 N–H and O–H groups in total. The van der Waals surface area contributed by atoms with E-state index in [1.807, 2.05) is 44.2 Å². The molecule has 0 spiro atoms. The molecule has 4 heteroatoms. The third-order valence-corrected chi connectivity index (χ3v) is 3.93. The van der Waals surface area contributed by atoms with E-state index >= 15 is 0 Å². The Hall–Kier alpha value is -1.23. The van der Waals surface area contributed by atoms with Crippen molar-refractivity contribution in [1.82, 2.24) is 0 Å². The molecule has 1 aromatic rings. The van der Waals surface area contributed by atoms with E-state index in [-0.39, 0.29) is 17.9 Å². The van der Waals surface area contributed by atoms with E-state index in [4.69, 9.17) is 14.2 Å². The lowest BCUT2D eigenvalue weighted by molar-refractivity contribution is -0.254. The van der Waals surface area contributed by atoms with Crippen LogP contribution < -0.4 is 0 Å². The summed E-state index contributed by atoms with van der Waals surface area (Å²) in [4.78, 5) is 11.1. The minimum Gasteiger partial charge on any atom is -0.373 e. The molecular weight excluding hydrogens is 256 g/mol. The summed E-state index contributed by atoms with van der Waals surface area (Å²) >= 11 is 0. The molecule has 1 saturated heterocycles. The van der Waals surface area contributed by atoms with E-state index in [1.54, 1.807) is 7.11 Å². The molecular formula is C16H22O4. The van der Waals surface area contributed by atoms with Crippen molar-refractivity contribution in [2.24, 2.45) is 11.8 Å². The molecule has 1 aliphatic heterocycles. The standard InChI is InChI=1S/C16H22O4/c1-11-14(9-17)20-16(18-3)12(2)15(11)19-10-13-7-5-4-6-8-13/h4-9,11-12,14-16H,10H2,1-3H3/t11-,12-,14-,15+,16-/m0/s1. The summed E-state index contributed by atoms with van der Waals surface area (Å²) in [5.41, 5.74) is 1.12. The highest BCUT2D eigenvalue weighted by Gasteiger charge is 2.42. The smallest absolute Gasteiger partial charge is 0.163 e. The van der Waals surface area contributed by atoms with Gasteiger partial charge in [-0.05, 0) is 5.56 Å². The van der Waals surface area contributed by atoms with Crippen LogP contribution in [0.3, 0.4) is 0 Å². The Bertz CT molecular complexity index is 420. The van der Waals surface area contributed by atoms with Crippen LogP contribution in [0.2, 0.25) is 0 Å².